The molecule has 0 unspecified atom stereocenters. The van der Waals surface area contributed by atoms with Crippen molar-refractivity contribution in [3.8, 4) is 0 Å². The zero-order chi connectivity index (χ0) is 16.3. The SMILES string of the molecule is CNC(=O)c1ccccc1NS(=O)(=O)c1cc(Cl)cc(Cl)c1. The molecular formula is C14H12Cl2N2O3S. The van der Waals surface area contributed by atoms with Gasteiger partial charge in [0.15, 0.2) is 0 Å². The smallest absolute Gasteiger partial charge is 0.262 e. The van der Waals surface area contributed by atoms with Crippen LogP contribution in [0.25, 0.3) is 0 Å². The number of sulfonamides is 1. The van der Waals surface area contributed by atoms with Crippen molar-refractivity contribution in [3.63, 3.8) is 0 Å². The zero-order valence-electron chi connectivity index (χ0n) is 11.4. The molecule has 2 aromatic carbocycles. The van der Waals surface area contributed by atoms with Gasteiger partial charge in [-0.25, -0.2) is 8.42 Å². The second kappa shape index (κ2) is 6.56. The van der Waals surface area contributed by atoms with Crippen LogP contribution in [0.2, 0.25) is 10.0 Å². The predicted octanol–water partition coefficient (Wildman–Crippen LogP) is 3.15. The van der Waals surface area contributed by atoms with Crippen molar-refractivity contribution in [2.24, 2.45) is 0 Å². The third-order valence-electron chi connectivity index (χ3n) is 2.79. The Labute approximate surface area is 138 Å². The summed E-state index contributed by atoms with van der Waals surface area (Å²) in [5.74, 6) is -0.401. The number of anilines is 1. The Morgan fingerprint density at radius 3 is 2.23 bits per heavy atom. The van der Waals surface area contributed by atoms with Gasteiger partial charge < -0.3 is 5.32 Å². The van der Waals surface area contributed by atoms with Gasteiger partial charge in [-0.05, 0) is 30.3 Å². The van der Waals surface area contributed by atoms with Crippen LogP contribution < -0.4 is 10.0 Å². The van der Waals surface area contributed by atoms with Gasteiger partial charge in [-0.2, -0.15) is 0 Å². The van der Waals surface area contributed by atoms with Crippen LogP contribution in [0.4, 0.5) is 5.69 Å². The Balaban J connectivity index is 2.43. The fourth-order valence-corrected chi connectivity index (χ4v) is 3.60. The number of para-hydroxylation sites is 1. The molecule has 2 aromatic rings. The minimum atomic E-state index is -3.92. The quantitative estimate of drug-likeness (QED) is 0.881. The van der Waals surface area contributed by atoms with E-state index < -0.39 is 15.9 Å². The predicted molar refractivity (Wildman–Crippen MR) is 87.1 cm³/mol. The number of nitrogens with one attached hydrogen (secondary N) is 2. The molecule has 8 heteroatoms. The first-order valence-corrected chi connectivity index (χ1v) is 8.37. The molecule has 2 rings (SSSR count). The van der Waals surface area contributed by atoms with Crippen molar-refractivity contribution in [2.75, 3.05) is 11.8 Å². The number of carbonyl (C=O) groups excluding carboxylic acids is 1. The molecule has 0 aliphatic heterocycles. The first-order valence-electron chi connectivity index (χ1n) is 6.13. The lowest BCUT2D eigenvalue weighted by molar-refractivity contribution is 0.0964. The molecule has 5 nitrogen and oxygen atoms in total. The molecule has 0 aliphatic carbocycles. The Kier molecular flexibility index (Phi) is 4.95. The number of benzene rings is 2. The summed E-state index contributed by atoms with van der Waals surface area (Å²) >= 11 is 11.6. The van der Waals surface area contributed by atoms with E-state index >= 15 is 0 Å². The van der Waals surface area contributed by atoms with Crippen LogP contribution in [0, 0.1) is 0 Å². The molecule has 0 radical (unpaired) electrons. The number of carbonyl (C=O) groups is 1. The van der Waals surface area contributed by atoms with E-state index in [1.54, 1.807) is 12.1 Å². The summed E-state index contributed by atoms with van der Waals surface area (Å²) in [5, 5.41) is 2.85. The van der Waals surface area contributed by atoms with E-state index in [4.69, 9.17) is 23.2 Å². The fourth-order valence-electron chi connectivity index (χ4n) is 1.79. The topological polar surface area (TPSA) is 75.3 Å². The normalized spacial score (nSPS) is 11.0. The summed E-state index contributed by atoms with van der Waals surface area (Å²) in [5.41, 5.74) is 0.375. The van der Waals surface area contributed by atoms with Gasteiger partial charge in [0.1, 0.15) is 0 Å². The molecule has 0 spiro atoms. The monoisotopic (exact) mass is 358 g/mol. The highest BCUT2D eigenvalue weighted by molar-refractivity contribution is 7.92. The molecule has 1 amide bonds. The van der Waals surface area contributed by atoms with Crippen molar-refractivity contribution in [1.29, 1.82) is 0 Å². The van der Waals surface area contributed by atoms with Gasteiger partial charge >= 0.3 is 0 Å². The van der Waals surface area contributed by atoms with Gasteiger partial charge in [-0.15, -0.1) is 0 Å². The molecule has 2 N–H and O–H groups in total. The molecule has 0 heterocycles. The Morgan fingerprint density at radius 2 is 1.64 bits per heavy atom. The maximum atomic E-state index is 12.4. The third kappa shape index (κ3) is 3.71. The summed E-state index contributed by atoms with van der Waals surface area (Å²) in [6.07, 6.45) is 0. The maximum Gasteiger partial charge on any atom is 0.262 e. The van der Waals surface area contributed by atoms with Crippen LogP contribution in [0.15, 0.2) is 47.4 Å². The van der Waals surface area contributed by atoms with Crippen LogP contribution in [0.1, 0.15) is 10.4 Å². The van der Waals surface area contributed by atoms with Crippen LogP contribution >= 0.6 is 23.2 Å². The van der Waals surface area contributed by atoms with Crippen molar-refractivity contribution in [1.82, 2.24) is 5.32 Å². The highest BCUT2D eigenvalue weighted by Gasteiger charge is 2.19. The first-order chi connectivity index (χ1) is 10.3. The van der Waals surface area contributed by atoms with E-state index in [2.05, 4.69) is 10.0 Å². The molecule has 0 fully saturated rings. The lowest BCUT2D eigenvalue weighted by Crippen LogP contribution is -2.21. The highest BCUT2D eigenvalue weighted by atomic mass is 35.5. The van der Waals surface area contributed by atoms with Crippen molar-refractivity contribution in [2.45, 2.75) is 4.90 Å². The summed E-state index contributed by atoms with van der Waals surface area (Å²) < 4.78 is 27.2. The lowest BCUT2D eigenvalue weighted by atomic mass is 10.2. The molecule has 0 saturated carbocycles. The lowest BCUT2D eigenvalue weighted by Gasteiger charge is -2.12. The van der Waals surface area contributed by atoms with Crippen molar-refractivity contribution < 1.29 is 13.2 Å². The Hall–Kier alpha value is -1.76. The first kappa shape index (κ1) is 16.6. The van der Waals surface area contributed by atoms with Crippen LogP contribution in [0.3, 0.4) is 0 Å². The van der Waals surface area contributed by atoms with Gasteiger partial charge in [0.2, 0.25) is 0 Å². The Morgan fingerprint density at radius 1 is 1.05 bits per heavy atom. The fraction of sp³-hybridized carbons (Fsp3) is 0.0714. The zero-order valence-corrected chi connectivity index (χ0v) is 13.8. The van der Waals surface area contributed by atoms with E-state index in [0.29, 0.717) is 0 Å². The molecule has 22 heavy (non-hydrogen) atoms. The van der Waals surface area contributed by atoms with Gasteiger partial charge in [0.05, 0.1) is 16.1 Å². The second-order valence-electron chi connectivity index (χ2n) is 4.34. The number of halogens is 2. The average molecular weight is 359 g/mol. The summed E-state index contributed by atoms with van der Waals surface area (Å²) in [6, 6.07) is 10.3. The van der Waals surface area contributed by atoms with Gasteiger partial charge in [-0.3, -0.25) is 9.52 Å². The van der Waals surface area contributed by atoms with Crippen LogP contribution in [-0.4, -0.2) is 21.4 Å². The summed E-state index contributed by atoms with van der Waals surface area (Å²) in [4.78, 5) is 11.7. The van der Waals surface area contributed by atoms with Crippen LogP contribution in [-0.2, 0) is 10.0 Å². The van der Waals surface area contributed by atoms with Crippen molar-refractivity contribution in [3.05, 3.63) is 58.1 Å². The van der Waals surface area contributed by atoms with E-state index in [0.717, 1.165) is 0 Å². The van der Waals surface area contributed by atoms with Gasteiger partial charge in [0.25, 0.3) is 15.9 Å². The van der Waals surface area contributed by atoms with Gasteiger partial charge in [0, 0.05) is 17.1 Å². The minimum Gasteiger partial charge on any atom is -0.355 e. The van der Waals surface area contributed by atoms with E-state index in [-0.39, 0.29) is 26.2 Å². The third-order valence-corrected chi connectivity index (χ3v) is 4.57. The molecular weight excluding hydrogens is 347 g/mol. The number of rotatable bonds is 4. The standard InChI is InChI=1S/C14H12Cl2N2O3S/c1-17-14(19)12-4-2-3-5-13(12)18-22(20,21)11-7-9(15)6-10(16)8-11/h2-8,18H,1H3,(H,17,19). The van der Waals surface area contributed by atoms with Crippen molar-refractivity contribution >= 4 is 44.8 Å². The van der Waals surface area contributed by atoms with E-state index in [1.807, 2.05) is 0 Å². The minimum absolute atomic E-state index is 0.0864. The number of hydrogen-bond acceptors (Lipinski definition) is 3. The number of hydrogen-bond donors (Lipinski definition) is 2. The van der Waals surface area contributed by atoms with E-state index in [1.165, 1.54) is 37.4 Å². The summed E-state index contributed by atoms with van der Waals surface area (Å²) in [6.45, 7) is 0. The number of amides is 1. The second-order valence-corrected chi connectivity index (χ2v) is 6.89. The van der Waals surface area contributed by atoms with E-state index in [9.17, 15) is 13.2 Å². The summed E-state index contributed by atoms with van der Waals surface area (Å²) in [7, 11) is -2.46. The molecule has 0 aliphatic rings. The highest BCUT2D eigenvalue weighted by Crippen LogP contribution is 2.25. The maximum absolute atomic E-state index is 12.4. The molecule has 0 bridgehead atoms. The van der Waals surface area contributed by atoms with Gasteiger partial charge in [-0.1, -0.05) is 35.3 Å². The average Bonchev–Trinajstić information content (AvgIpc) is 2.45. The molecule has 116 valence electrons. The Bertz CT molecular complexity index is 802. The van der Waals surface area contributed by atoms with Crippen LogP contribution in [0.5, 0.6) is 0 Å². The largest absolute Gasteiger partial charge is 0.355 e. The molecule has 0 aromatic heterocycles. The molecule has 0 saturated heterocycles. The molecule has 0 atom stereocenters.